The topological polar surface area (TPSA) is 105 Å². The molecular formula is C23H27N3O5S. The van der Waals surface area contributed by atoms with Crippen molar-refractivity contribution < 1.29 is 22.7 Å². The average Bonchev–Trinajstić information content (AvgIpc) is 2.76. The summed E-state index contributed by atoms with van der Waals surface area (Å²) in [4.78, 5) is 24.7. The Labute approximate surface area is 188 Å². The molecule has 170 valence electrons. The fraction of sp³-hybridized carbons (Fsp3) is 0.391. The first-order chi connectivity index (χ1) is 15.1. The maximum Gasteiger partial charge on any atom is 0.265 e. The Kier molecular flexibility index (Phi) is 5.96. The Morgan fingerprint density at radius 2 is 1.84 bits per heavy atom. The third-order valence-corrected chi connectivity index (χ3v) is 7.88. The predicted octanol–water partition coefficient (Wildman–Crippen LogP) is 3.06. The molecule has 2 aliphatic heterocycles. The van der Waals surface area contributed by atoms with Gasteiger partial charge < -0.3 is 15.4 Å². The van der Waals surface area contributed by atoms with Gasteiger partial charge in [-0.1, -0.05) is 17.7 Å². The summed E-state index contributed by atoms with van der Waals surface area (Å²) in [5, 5.41) is 5.65. The molecule has 2 aliphatic rings. The van der Waals surface area contributed by atoms with Crippen LogP contribution in [0.2, 0.25) is 0 Å². The summed E-state index contributed by atoms with van der Waals surface area (Å²) in [6.07, 6.45) is 0.259. The summed E-state index contributed by atoms with van der Waals surface area (Å²) in [5.74, 6) is -0.211. The molecule has 2 heterocycles. The first-order valence-corrected chi connectivity index (χ1v) is 12.1. The zero-order valence-electron chi connectivity index (χ0n) is 18.3. The van der Waals surface area contributed by atoms with Crippen molar-refractivity contribution in [1.29, 1.82) is 0 Å². The van der Waals surface area contributed by atoms with Gasteiger partial charge in [0, 0.05) is 24.7 Å². The van der Waals surface area contributed by atoms with Gasteiger partial charge in [0.2, 0.25) is 15.9 Å². The number of fused-ring (bicyclic) bond motifs is 1. The second-order valence-corrected chi connectivity index (χ2v) is 10.3. The summed E-state index contributed by atoms with van der Waals surface area (Å²) in [5.41, 5.74) is 3.25. The van der Waals surface area contributed by atoms with Crippen LogP contribution in [0.4, 0.5) is 11.4 Å². The summed E-state index contributed by atoms with van der Waals surface area (Å²) in [7, 11) is -3.75. The molecule has 8 nitrogen and oxygen atoms in total. The van der Waals surface area contributed by atoms with Crippen LogP contribution in [0.1, 0.15) is 30.9 Å². The Morgan fingerprint density at radius 3 is 2.53 bits per heavy atom. The fourth-order valence-electron chi connectivity index (χ4n) is 4.04. The highest BCUT2D eigenvalue weighted by Crippen LogP contribution is 2.33. The summed E-state index contributed by atoms with van der Waals surface area (Å²) < 4.78 is 33.2. The van der Waals surface area contributed by atoms with E-state index in [1.807, 2.05) is 32.0 Å². The first-order valence-electron chi connectivity index (χ1n) is 10.6. The van der Waals surface area contributed by atoms with E-state index in [1.165, 1.54) is 16.4 Å². The Balaban J connectivity index is 1.42. The van der Waals surface area contributed by atoms with Gasteiger partial charge in [0.1, 0.15) is 5.75 Å². The quantitative estimate of drug-likeness (QED) is 0.734. The molecule has 1 fully saturated rings. The second-order valence-electron chi connectivity index (χ2n) is 8.39. The van der Waals surface area contributed by atoms with Gasteiger partial charge in [-0.25, -0.2) is 8.42 Å². The van der Waals surface area contributed by atoms with Crippen LogP contribution in [0, 0.1) is 19.8 Å². The number of nitrogens with zero attached hydrogens (tertiary/aromatic N) is 1. The number of sulfonamides is 1. The highest BCUT2D eigenvalue weighted by Gasteiger charge is 2.33. The van der Waals surface area contributed by atoms with Crippen LogP contribution in [0.5, 0.6) is 5.75 Å². The third kappa shape index (κ3) is 4.35. The van der Waals surface area contributed by atoms with E-state index in [-0.39, 0.29) is 35.7 Å². The number of nitrogens with one attached hydrogen (secondary N) is 2. The number of aryl methyl sites for hydroxylation is 2. The van der Waals surface area contributed by atoms with Crippen molar-refractivity contribution in [2.45, 2.75) is 44.6 Å². The minimum Gasteiger partial charge on any atom is -0.479 e. The van der Waals surface area contributed by atoms with Crippen molar-refractivity contribution in [3.63, 3.8) is 0 Å². The minimum absolute atomic E-state index is 0.0863. The van der Waals surface area contributed by atoms with Crippen molar-refractivity contribution in [3.05, 3.63) is 47.5 Å². The molecule has 1 atom stereocenters. The van der Waals surface area contributed by atoms with Gasteiger partial charge in [-0.15, -0.1) is 0 Å². The summed E-state index contributed by atoms with van der Waals surface area (Å²) in [6.45, 7) is 6.08. The number of hydrogen-bond acceptors (Lipinski definition) is 5. The molecule has 32 heavy (non-hydrogen) atoms. The largest absolute Gasteiger partial charge is 0.479 e. The van der Waals surface area contributed by atoms with E-state index in [9.17, 15) is 18.0 Å². The molecule has 0 unspecified atom stereocenters. The van der Waals surface area contributed by atoms with Crippen molar-refractivity contribution in [1.82, 2.24) is 4.31 Å². The lowest BCUT2D eigenvalue weighted by Crippen LogP contribution is -2.41. The molecule has 2 aromatic rings. The number of carbonyl (C=O) groups excluding carboxylic acids is 2. The van der Waals surface area contributed by atoms with Crippen LogP contribution in [-0.2, 0) is 19.6 Å². The lowest BCUT2D eigenvalue weighted by molar-refractivity contribution is -0.123. The van der Waals surface area contributed by atoms with Crippen LogP contribution in [0.3, 0.4) is 0 Å². The van der Waals surface area contributed by atoms with E-state index >= 15 is 0 Å². The lowest BCUT2D eigenvalue weighted by atomic mass is 9.97. The number of rotatable bonds is 4. The highest BCUT2D eigenvalue weighted by atomic mass is 32.2. The van der Waals surface area contributed by atoms with Crippen molar-refractivity contribution in [3.8, 4) is 5.75 Å². The Morgan fingerprint density at radius 1 is 1.12 bits per heavy atom. The predicted molar refractivity (Wildman–Crippen MR) is 121 cm³/mol. The summed E-state index contributed by atoms with van der Waals surface area (Å²) in [6, 6.07) is 10.3. The molecule has 2 amide bonds. The normalized spacial score (nSPS) is 19.6. The summed E-state index contributed by atoms with van der Waals surface area (Å²) >= 11 is 0. The zero-order valence-corrected chi connectivity index (χ0v) is 19.2. The lowest BCUT2D eigenvalue weighted by Gasteiger charge is -2.31. The number of anilines is 2. The fourth-order valence-corrected chi connectivity index (χ4v) is 5.54. The van der Waals surface area contributed by atoms with Gasteiger partial charge in [-0.3, -0.25) is 9.59 Å². The Bertz CT molecular complexity index is 1170. The van der Waals surface area contributed by atoms with Gasteiger partial charge in [0.25, 0.3) is 5.91 Å². The molecule has 0 saturated carbocycles. The van der Waals surface area contributed by atoms with Crippen LogP contribution in [-0.4, -0.2) is 43.7 Å². The molecule has 0 bridgehead atoms. The number of piperidine rings is 1. The molecule has 0 spiro atoms. The molecule has 2 N–H and O–H groups in total. The first kappa shape index (κ1) is 22.3. The maximum absolute atomic E-state index is 13.1. The van der Waals surface area contributed by atoms with E-state index in [1.54, 1.807) is 13.0 Å². The zero-order chi connectivity index (χ0) is 23.0. The number of carbonyl (C=O) groups is 2. The minimum atomic E-state index is -3.75. The van der Waals surface area contributed by atoms with E-state index in [0.717, 1.165) is 16.8 Å². The second kappa shape index (κ2) is 8.55. The highest BCUT2D eigenvalue weighted by molar-refractivity contribution is 7.89. The van der Waals surface area contributed by atoms with Crippen LogP contribution in [0.25, 0.3) is 0 Å². The van der Waals surface area contributed by atoms with E-state index in [2.05, 4.69) is 10.6 Å². The molecule has 1 saturated heterocycles. The molecule has 4 rings (SSSR count). The molecule has 2 aromatic carbocycles. The molecular weight excluding hydrogens is 430 g/mol. The van der Waals surface area contributed by atoms with Gasteiger partial charge >= 0.3 is 0 Å². The molecule has 0 aromatic heterocycles. The molecule has 0 aliphatic carbocycles. The van der Waals surface area contributed by atoms with E-state index in [4.69, 9.17) is 4.74 Å². The molecule has 9 heteroatoms. The van der Waals surface area contributed by atoms with Gasteiger partial charge in [-0.05, 0) is 63.4 Å². The third-order valence-electron chi connectivity index (χ3n) is 5.98. The average molecular weight is 458 g/mol. The van der Waals surface area contributed by atoms with E-state index in [0.29, 0.717) is 24.3 Å². The van der Waals surface area contributed by atoms with E-state index < -0.39 is 16.1 Å². The molecule has 0 radical (unpaired) electrons. The SMILES string of the molecule is Cc1ccc(NC(=O)C2CCN(S(=O)(=O)c3ccc4c(c3)NC(=O)[C@@H](C)O4)CC2)c(C)c1. The van der Waals surface area contributed by atoms with Crippen molar-refractivity contribution >= 4 is 33.2 Å². The van der Waals surface area contributed by atoms with Crippen molar-refractivity contribution in [2.24, 2.45) is 5.92 Å². The van der Waals surface area contributed by atoms with Crippen molar-refractivity contribution in [2.75, 3.05) is 23.7 Å². The number of ether oxygens (including phenoxy) is 1. The monoisotopic (exact) mass is 457 g/mol. The van der Waals surface area contributed by atoms with Crippen LogP contribution < -0.4 is 15.4 Å². The van der Waals surface area contributed by atoms with Crippen LogP contribution in [0.15, 0.2) is 41.3 Å². The maximum atomic E-state index is 13.1. The standard InChI is InChI=1S/C23H27N3O5S/c1-14-4-6-19(15(2)12-14)24-23(28)17-8-10-26(11-9-17)32(29,30)18-5-7-21-20(13-18)25-22(27)16(3)31-21/h4-7,12-13,16-17H,8-11H2,1-3H3,(H,24,28)(H,25,27)/t16-/m1/s1. The Hall–Kier alpha value is -2.91. The van der Waals surface area contributed by atoms with Gasteiger partial charge in [0.15, 0.2) is 6.10 Å². The van der Waals surface area contributed by atoms with Gasteiger partial charge in [0.05, 0.1) is 10.6 Å². The van der Waals surface area contributed by atoms with Crippen LogP contribution >= 0.6 is 0 Å². The smallest absolute Gasteiger partial charge is 0.265 e. The van der Waals surface area contributed by atoms with Gasteiger partial charge in [-0.2, -0.15) is 4.31 Å². The number of amides is 2. The number of hydrogen-bond donors (Lipinski definition) is 2. The number of benzene rings is 2.